The minimum absolute atomic E-state index is 0.0747. The summed E-state index contributed by atoms with van der Waals surface area (Å²) in [6.07, 6.45) is 1.59. The van der Waals surface area contributed by atoms with E-state index in [0.717, 1.165) is 48.9 Å². The monoisotopic (exact) mass is 466 g/mol. The highest BCUT2D eigenvalue weighted by Gasteiger charge is 2.23. The average Bonchev–Trinajstić information content (AvgIpc) is 2.94. The van der Waals surface area contributed by atoms with Gasteiger partial charge in [0.15, 0.2) is 11.6 Å². The van der Waals surface area contributed by atoms with Crippen molar-refractivity contribution in [2.24, 2.45) is 0 Å². The molecule has 1 fully saturated rings. The maximum atomic E-state index is 6.64. The van der Waals surface area contributed by atoms with Crippen LogP contribution in [0.4, 0.5) is 23.0 Å². The molecule has 3 aromatic carbocycles. The Balaban J connectivity index is 1.34. The van der Waals surface area contributed by atoms with E-state index in [-0.39, 0.29) is 6.04 Å². The van der Waals surface area contributed by atoms with E-state index in [1.807, 2.05) is 48.5 Å². The standard InChI is InChI=1S/C28H30N6O/c1-35-24-14-12-23(13-15-24)33-16-18-34(19-17-33)28-25(29)27(30-20-31-28)32-26(21-8-4-2-5-9-21)22-10-6-3-7-11-22/h2-15,20,26H,16-19,29H2,1H3,(H,30,31,32). The zero-order valence-electron chi connectivity index (χ0n) is 19.8. The first-order valence-electron chi connectivity index (χ1n) is 11.8. The highest BCUT2D eigenvalue weighted by Crippen LogP contribution is 2.32. The summed E-state index contributed by atoms with van der Waals surface area (Å²) in [5, 5.41) is 3.58. The smallest absolute Gasteiger partial charge is 0.157 e. The summed E-state index contributed by atoms with van der Waals surface area (Å²) in [5.41, 5.74) is 10.7. The van der Waals surface area contributed by atoms with Gasteiger partial charge in [0.05, 0.1) is 13.2 Å². The van der Waals surface area contributed by atoms with E-state index in [2.05, 4.69) is 61.5 Å². The van der Waals surface area contributed by atoms with Gasteiger partial charge in [-0.15, -0.1) is 0 Å². The molecule has 0 aliphatic carbocycles. The lowest BCUT2D eigenvalue weighted by molar-refractivity contribution is 0.415. The summed E-state index contributed by atoms with van der Waals surface area (Å²) >= 11 is 0. The normalized spacial score (nSPS) is 13.7. The van der Waals surface area contributed by atoms with Crippen LogP contribution >= 0.6 is 0 Å². The van der Waals surface area contributed by atoms with Crippen LogP contribution in [0, 0.1) is 0 Å². The molecule has 0 amide bonds. The Hall–Kier alpha value is -4.26. The summed E-state index contributed by atoms with van der Waals surface area (Å²) in [5.74, 6) is 2.28. The predicted molar refractivity (Wildman–Crippen MR) is 142 cm³/mol. The number of nitrogens with zero attached hydrogens (tertiary/aromatic N) is 4. The van der Waals surface area contributed by atoms with Gasteiger partial charge < -0.3 is 25.6 Å². The Morgan fingerprint density at radius 3 is 1.91 bits per heavy atom. The number of nitrogens with two attached hydrogens (primary N) is 1. The number of anilines is 4. The predicted octanol–water partition coefficient (Wildman–Crippen LogP) is 4.60. The molecule has 1 saturated heterocycles. The van der Waals surface area contributed by atoms with Gasteiger partial charge in [0, 0.05) is 31.9 Å². The Morgan fingerprint density at radius 1 is 0.771 bits per heavy atom. The van der Waals surface area contributed by atoms with E-state index in [0.29, 0.717) is 11.5 Å². The Morgan fingerprint density at radius 2 is 1.34 bits per heavy atom. The van der Waals surface area contributed by atoms with E-state index >= 15 is 0 Å². The molecular formula is C28H30N6O. The van der Waals surface area contributed by atoms with Crippen molar-refractivity contribution in [3.05, 3.63) is 102 Å². The fraction of sp³-hybridized carbons (Fsp3) is 0.214. The van der Waals surface area contributed by atoms with Crippen LogP contribution in [0.2, 0.25) is 0 Å². The Kier molecular flexibility index (Phi) is 6.66. The third-order valence-electron chi connectivity index (χ3n) is 6.43. The molecule has 1 aromatic heterocycles. The molecule has 0 bridgehead atoms. The van der Waals surface area contributed by atoms with Gasteiger partial charge in [-0.25, -0.2) is 9.97 Å². The molecule has 0 spiro atoms. The molecule has 0 saturated carbocycles. The first-order valence-corrected chi connectivity index (χ1v) is 11.8. The molecule has 0 radical (unpaired) electrons. The van der Waals surface area contributed by atoms with Crippen LogP contribution in [0.5, 0.6) is 5.75 Å². The summed E-state index contributed by atoms with van der Waals surface area (Å²) in [6, 6.07) is 28.8. The van der Waals surface area contributed by atoms with Crippen molar-refractivity contribution in [2.45, 2.75) is 6.04 Å². The number of nitrogens with one attached hydrogen (secondary N) is 1. The molecule has 35 heavy (non-hydrogen) atoms. The van der Waals surface area contributed by atoms with Crippen molar-refractivity contribution >= 4 is 23.0 Å². The largest absolute Gasteiger partial charge is 0.497 e. The summed E-state index contributed by atoms with van der Waals surface area (Å²) in [6.45, 7) is 3.42. The molecule has 1 aliphatic rings. The van der Waals surface area contributed by atoms with Crippen molar-refractivity contribution in [3.8, 4) is 5.75 Å². The summed E-state index contributed by atoms with van der Waals surface area (Å²) < 4.78 is 5.28. The second-order valence-electron chi connectivity index (χ2n) is 8.53. The number of hydrogen-bond acceptors (Lipinski definition) is 7. The maximum Gasteiger partial charge on any atom is 0.157 e. The number of benzene rings is 3. The minimum Gasteiger partial charge on any atom is -0.497 e. The van der Waals surface area contributed by atoms with Gasteiger partial charge in [-0.3, -0.25) is 0 Å². The fourth-order valence-corrected chi connectivity index (χ4v) is 4.51. The number of rotatable bonds is 7. The number of piperazine rings is 1. The zero-order chi connectivity index (χ0) is 24.0. The van der Waals surface area contributed by atoms with Crippen molar-refractivity contribution in [3.63, 3.8) is 0 Å². The van der Waals surface area contributed by atoms with Crippen LogP contribution in [0.3, 0.4) is 0 Å². The first-order chi connectivity index (χ1) is 17.2. The number of methoxy groups -OCH3 is 1. The van der Waals surface area contributed by atoms with E-state index in [4.69, 9.17) is 10.5 Å². The maximum absolute atomic E-state index is 6.64. The lowest BCUT2D eigenvalue weighted by atomic mass is 9.99. The molecule has 0 atom stereocenters. The lowest BCUT2D eigenvalue weighted by Gasteiger charge is -2.37. The second-order valence-corrected chi connectivity index (χ2v) is 8.53. The quantitative estimate of drug-likeness (QED) is 0.412. The van der Waals surface area contributed by atoms with Crippen LogP contribution < -0.4 is 25.6 Å². The van der Waals surface area contributed by atoms with Gasteiger partial charge in [-0.1, -0.05) is 60.7 Å². The van der Waals surface area contributed by atoms with Gasteiger partial charge in [0.25, 0.3) is 0 Å². The van der Waals surface area contributed by atoms with Crippen LogP contribution in [-0.2, 0) is 0 Å². The summed E-state index contributed by atoms with van der Waals surface area (Å²) in [7, 11) is 1.69. The highest BCUT2D eigenvalue weighted by atomic mass is 16.5. The van der Waals surface area contributed by atoms with Crippen molar-refractivity contribution in [2.75, 3.05) is 54.1 Å². The Bertz CT molecular complexity index is 1190. The molecule has 5 rings (SSSR count). The van der Waals surface area contributed by atoms with Crippen molar-refractivity contribution in [1.82, 2.24) is 9.97 Å². The molecular weight excluding hydrogens is 436 g/mol. The van der Waals surface area contributed by atoms with Crippen LogP contribution in [0.25, 0.3) is 0 Å². The van der Waals surface area contributed by atoms with E-state index < -0.39 is 0 Å². The van der Waals surface area contributed by atoms with E-state index in [9.17, 15) is 0 Å². The van der Waals surface area contributed by atoms with Gasteiger partial charge in [0.1, 0.15) is 17.8 Å². The number of nitrogen functional groups attached to an aromatic ring is 1. The molecule has 0 unspecified atom stereocenters. The van der Waals surface area contributed by atoms with Gasteiger partial charge in [-0.05, 0) is 35.4 Å². The first kappa shape index (κ1) is 22.5. The molecule has 7 heteroatoms. The third-order valence-corrected chi connectivity index (χ3v) is 6.43. The van der Waals surface area contributed by atoms with Gasteiger partial charge in [-0.2, -0.15) is 0 Å². The van der Waals surface area contributed by atoms with E-state index in [1.165, 1.54) is 5.69 Å². The van der Waals surface area contributed by atoms with Gasteiger partial charge >= 0.3 is 0 Å². The Labute approximate surface area is 206 Å². The van der Waals surface area contributed by atoms with E-state index in [1.54, 1.807) is 13.4 Å². The van der Waals surface area contributed by atoms with Crippen LogP contribution in [0.15, 0.2) is 91.3 Å². The van der Waals surface area contributed by atoms with Crippen molar-refractivity contribution in [1.29, 1.82) is 0 Å². The number of hydrogen-bond donors (Lipinski definition) is 2. The molecule has 2 heterocycles. The number of aromatic nitrogens is 2. The minimum atomic E-state index is -0.0747. The molecule has 4 aromatic rings. The highest BCUT2D eigenvalue weighted by molar-refractivity contribution is 5.76. The molecule has 3 N–H and O–H groups in total. The topological polar surface area (TPSA) is 79.5 Å². The second kappa shape index (κ2) is 10.3. The SMILES string of the molecule is COc1ccc(N2CCN(c3ncnc(NC(c4ccccc4)c4ccccc4)c3N)CC2)cc1. The average molecular weight is 467 g/mol. The molecule has 7 nitrogen and oxygen atoms in total. The third kappa shape index (κ3) is 4.99. The van der Waals surface area contributed by atoms with Crippen LogP contribution in [-0.4, -0.2) is 43.3 Å². The molecule has 178 valence electrons. The lowest BCUT2D eigenvalue weighted by Crippen LogP contribution is -2.47. The zero-order valence-corrected chi connectivity index (χ0v) is 19.8. The summed E-state index contributed by atoms with van der Waals surface area (Å²) in [4.78, 5) is 13.7. The van der Waals surface area contributed by atoms with Gasteiger partial charge in [0.2, 0.25) is 0 Å². The molecule has 1 aliphatic heterocycles. The number of ether oxygens (including phenoxy) is 1. The van der Waals surface area contributed by atoms with Crippen molar-refractivity contribution < 1.29 is 4.74 Å². The fourth-order valence-electron chi connectivity index (χ4n) is 4.51. The van der Waals surface area contributed by atoms with Crippen LogP contribution in [0.1, 0.15) is 17.2 Å².